The van der Waals surface area contributed by atoms with Crippen LogP contribution in [0.3, 0.4) is 0 Å². The van der Waals surface area contributed by atoms with Crippen molar-refractivity contribution in [2.45, 2.75) is 0 Å². The molecule has 21 heteroatoms. The number of hydrogen-bond acceptors (Lipinski definition) is 12. The van der Waals surface area contributed by atoms with Gasteiger partial charge in [0.1, 0.15) is 0 Å². The van der Waals surface area contributed by atoms with Gasteiger partial charge in [0.2, 0.25) is 0 Å². The maximum atomic E-state index is 10.8. The number of phosphoric ester groups is 2. The van der Waals surface area contributed by atoms with Crippen LogP contribution in [0.15, 0.2) is 0 Å². The summed E-state index contributed by atoms with van der Waals surface area (Å²) in [5.41, 5.74) is 0. The Hall–Kier alpha value is 1.15. The number of phosphoric acid groups is 4. The minimum atomic E-state index is -4.83. The van der Waals surface area contributed by atoms with Gasteiger partial charge in [-0.25, -0.2) is 18.3 Å². The third-order valence-corrected chi connectivity index (χ3v) is 6.50. The number of aliphatic hydroxyl groups is 2. The van der Waals surface area contributed by atoms with E-state index in [1.807, 2.05) is 0 Å². The molecule has 0 rings (SSSR count). The van der Waals surface area contributed by atoms with Crippen LogP contribution in [0, 0.1) is 0 Å². The number of hydrogen-bond donors (Lipinski definition) is 6. The second-order valence-corrected chi connectivity index (χ2v) is 9.73. The molecule has 0 aromatic rings. The predicted octanol–water partition coefficient (Wildman–Crippen LogP) is -0.0383. The molecular weight excluding hydrogens is 500 g/mol. The molecule has 0 aromatic heterocycles. The third-order valence-electron chi connectivity index (χ3n) is 1.41. The van der Waals surface area contributed by atoms with Crippen LogP contribution in [-0.4, -0.2) is 71.4 Å². The van der Waals surface area contributed by atoms with Crippen LogP contribution in [0.1, 0.15) is 0 Å². The first-order chi connectivity index (χ1) is 11.6. The first kappa shape index (κ1) is 35.6. The second kappa shape index (κ2) is 16.9. The summed E-state index contributed by atoms with van der Waals surface area (Å²) in [7, 11) is -14.0. The molecule has 27 heavy (non-hydrogen) atoms. The molecule has 0 spiro atoms. The quantitative estimate of drug-likeness (QED) is 0.172. The average molecular weight is 522 g/mol. The minimum absolute atomic E-state index is 0. The molecule has 0 aliphatic carbocycles. The topological polar surface area (TPSA) is 245 Å². The Bertz CT molecular complexity index is 477. The van der Waals surface area contributed by atoms with E-state index in [1.54, 1.807) is 0 Å². The van der Waals surface area contributed by atoms with E-state index < -0.39 is 31.3 Å². The van der Waals surface area contributed by atoms with Gasteiger partial charge in [-0.15, -0.1) is 0 Å². The molecule has 0 fully saturated rings. The summed E-state index contributed by atoms with van der Waals surface area (Å²) in [6, 6.07) is 0. The summed E-state index contributed by atoms with van der Waals surface area (Å²) in [4.78, 5) is 32.7. The third kappa shape index (κ3) is 25.1. The van der Waals surface area contributed by atoms with Crippen molar-refractivity contribution in [3.63, 3.8) is 0 Å². The van der Waals surface area contributed by atoms with Gasteiger partial charge < -0.3 is 29.8 Å². The van der Waals surface area contributed by atoms with E-state index in [9.17, 15) is 18.3 Å². The molecule has 0 amide bonds. The normalized spacial score (nSPS) is 12.1. The van der Waals surface area contributed by atoms with Crippen LogP contribution in [0.2, 0.25) is 0 Å². The Kier molecular flexibility index (Phi) is 22.3. The smallest absolute Gasteiger partial charge is 0.394 e. The van der Waals surface area contributed by atoms with E-state index >= 15 is 0 Å². The molecule has 0 atom stereocenters. The molecule has 0 aliphatic rings. The molecule has 0 saturated carbocycles. The molecule has 0 bridgehead atoms. The van der Waals surface area contributed by atoms with Crippen molar-refractivity contribution >= 4 is 31.3 Å². The minimum Gasteiger partial charge on any atom is -0.394 e. The van der Waals surface area contributed by atoms with Crippen LogP contribution in [0.4, 0.5) is 0 Å². The predicted molar refractivity (Wildman–Crippen MR) is 83.7 cm³/mol. The Morgan fingerprint density at radius 1 is 0.593 bits per heavy atom. The molecule has 0 aliphatic heterocycles. The monoisotopic (exact) mass is 522 g/mol. The van der Waals surface area contributed by atoms with E-state index in [2.05, 4.69) is 26.7 Å². The van der Waals surface area contributed by atoms with Gasteiger partial charge >= 0.3 is 31.3 Å². The zero-order valence-electron chi connectivity index (χ0n) is 14.5. The van der Waals surface area contributed by atoms with Crippen LogP contribution < -0.4 is 0 Å². The zero-order chi connectivity index (χ0) is 21.7. The Balaban J connectivity index is -0.000000159. The molecular formula is C6H22O16P4Ti. The van der Waals surface area contributed by atoms with Gasteiger partial charge in [0.15, 0.2) is 0 Å². The molecule has 0 radical (unpaired) electrons. The molecule has 16 nitrogen and oxygen atoms in total. The van der Waals surface area contributed by atoms with Gasteiger partial charge in [-0.05, 0) is 0 Å². The maximum Gasteiger partial charge on any atom is 0.483 e. The van der Waals surface area contributed by atoms with Gasteiger partial charge in [-0.3, -0.25) is 18.1 Å². The van der Waals surface area contributed by atoms with Crippen molar-refractivity contribution < 1.29 is 96.5 Å². The van der Waals surface area contributed by atoms with Crippen LogP contribution in [-0.2, 0) is 66.7 Å². The summed E-state index contributed by atoms with van der Waals surface area (Å²) in [5, 5.41) is 15.2. The molecule has 0 unspecified atom stereocenters. The molecule has 0 aromatic carbocycles. The summed E-state index contributed by atoms with van der Waals surface area (Å²) < 4.78 is 65.6. The maximum absolute atomic E-state index is 10.8. The van der Waals surface area contributed by atoms with Crippen molar-refractivity contribution in [2.24, 2.45) is 0 Å². The van der Waals surface area contributed by atoms with Crippen LogP contribution in [0.5, 0.6) is 0 Å². The van der Waals surface area contributed by atoms with Gasteiger partial charge in [0, 0.05) is 50.2 Å². The number of rotatable bonds is 9. The van der Waals surface area contributed by atoms with E-state index in [0.717, 1.165) is 28.4 Å². The van der Waals surface area contributed by atoms with E-state index in [4.69, 9.17) is 29.8 Å². The van der Waals surface area contributed by atoms with Crippen molar-refractivity contribution in [1.82, 2.24) is 0 Å². The first-order valence-electron chi connectivity index (χ1n) is 5.76. The average Bonchev–Trinajstić information content (AvgIpc) is 2.52. The van der Waals surface area contributed by atoms with Gasteiger partial charge in [-0.2, -0.15) is 8.62 Å². The molecule has 0 saturated heterocycles. The fourth-order valence-corrected chi connectivity index (χ4v) is 3.99. The van der Waals surface area contributed by atoms with Crippen molar-refractivity contribution in [2.75, 3.05) is 41.7 Å². The SMILES string of the molecule is COP(=O)(OC)OP(=O)(O)O.COP(=O)(OC)OP(=O)(O)O.OCCO.[Ti]. The molecule has 6 N–H and O–H groups in total. The van der Waals surface area contributed by atoms with Crippen molar-refractivity contribution in [1.29, 1.82) is 0 Å². The summed E-state index contributed by atoms with van der Waals surface area (Å²) in [6.07, 6.45) is 0. The summed E-state index contributed by atoms with van der Waals surface area (Å²) >= 11 is 0. The van der Waals surface area contributed by atoms with Crippen molar-refractivity contribution in [3.8, 4) is 0 Å². The fraction of sp³-hybridized carbons (Fsp3) is 1.00. The van der Waals surface area contributed by atoms with Crippen LogP contribution >= 0.6 is 31.3 Å². The van der Waals surface area contributed by atoms with Crippen molar-refractivity contribution in [3.05, 3.63) is 0 Å². The molecule has 166 valence electrons. The zero-order valence-corrected chi connectivity index (χ0v) is 19.6. The van der Waals surface area contributed by atoms with Gasteiger partial charge in [0.05, 0.1) is 13.2 Å². The Morgan fingerprint density at radius 3 is 0.815 bits per heavy atom. The first-order valence-corrected chi connectivity index (χ1v) is 11.7. The van der Waals surface area contributed by atoms with E-state index in [0.29, 0.717) is 0 Å². The van der Waals surface area contributed by atoms with Gasteiger partial charge in [0.25, 0.3) is 0 Å². The van der Waals surface area contributed by atoms with E-state index in [1.165, 1.54) is 0 Å². The Morgan fingerprint density at radius 2 is 0.778 bits per heavy atom. The summed E-state index contributed by atoms with van der Waals surface area (Å²) in [6.45, 7) is -0.250. The largest absolute Gasteiger partial charge is 0.483 e. The van der Waals surface area contributed by atoms with Gasteiger partial charge in [-0.1, -0.05) is 0 Å². The van der Waals surface area contributed by atoms with E-state index in [-0.39, 0.29) is 34.9 Å². The standard InChI is InChI=1S/2C2H8O7P2.C2H6O2.Ti/c2*1-7-11(6,8-2)9-10(3,4)5;3-1-2-4;/h2*1-2H3,(H2,3,4,5);3-4H,1-2H2;. The fourth-order valence-electron chi connectivity index (χ4n) is 0.543. The summed E-state index contributed by atoms with van der Waals surface area (Å²) in [5.74, 6) is 0. The second-order valence-electron chi connectivity index (χ2n) is 3.22. The Labute approximate surface area is 169 Å². The van der Waals surface area contributed by atoms with Crippen LogP contribution in [0.25, 0.3) is 0 Å². The number of aliphatic hydroxyl groups excluding tert-OH is 2. The molecule has 0 heterocycles.